The Kier molecular flexibility index (Phi) is 4.95. The van der Waals surface area contributed by atoms with E-state index in [9.17, 15) is 4.79 Å². The second-order valence-electron chi connectivity index (χ2n) is 6.81. The van der Waals surface area contributed by atoms with Crippen molar-refractivity contribution >= 4 is 5.91 Å². The third kappa shape index (κ3) is 3.43. The maximum absolute atomic E-state index is 12.7. The van der Waals surface area contributed by atoms with Crippen LogP contribution >= 0.6 is 0 Å². The van der Waals surface area contributed by atoms with Crippen molar-refractivity contribution in [2.24, 2.45) is 0 Å². The van der Waals surface area contributed by atoms with Crippen LogP contribution in [0.4, 0.5) is 0 Å². The third-order valence-corrected chi connectivity index (χ3v) is 4.80. The number of ether oxygens (including phenoxy) is 1. The lowest BCUT2D eigenvalue weighted by atomic mass is 10.1. The van der Waals surface area contributed by atoms with Crippen molar-refractivity contribution in [2.45, 2.75) is 33.3 Å². The fourth-order valence-electron chi connectivity index (χ4n) is 3.39. The lowest BCUT2D eigenvalue weighted by molar-refractivity contribution is -0.0258. The van der Waals surface area contributed by atoms with Gasteiger partial charge in [0.15, 0.2) is 0 Å². The quantitative estimate of drug-likeness (QED) is 0.684. The molecule has 1 saturated heterocycles. The van der Waals surface area contributed by atoms with Crippen LogP contribution in [0.1, 0.15) is 46.4 Å². The molecule has 0 aliphatic carbocycles. The topological polar surface area (TPSA) is 94.5 Å². The zero-order valence-electron chi connectivity index (χ0n) is 16.1. The van der Waals surface area contributed by atoms with Gasteiger partial charge in [-0.25, -0.2) is 4.98 Å². The minimum atomic E-state index is -0.313. The van der Waals surface area contributed by atoms with Crippen LogP contribution in [-0.4, -0.2) is 45.8 Å². The van der Waals surface area contributed by atoms with E-state index in [0.29, 0.717) is 25.4 Å². The first kappa shape index (κ1) is 18.4. The largest absolute Gasteiger partial charge is 0.368 e. The summed E-state index contributed by atoms with van der Waals surface area (Å²) in [5.41, 5.74) is 3.98. The van der Waals surface area contributed by atoms with Gasteiger partial charge in [-0.1, -0.05) is 23.3 Å². The second kappa shape index (κ2) is 7.55. The molecule has 1 amide bonds. The average Bonchev–Trinajstić information content (AvgIpc) is 3.33. The van der Waals surface area contributed by atoms with E-state index >= 15 is 0 Å². The Hall–Kier alpha value is -3.00. The van der Waals surface area contributed by atoms with Crippen molar-refractivity contribution in [1.82, 2.24) is 20.2 Å². The van der Waals surface area contributed by atoms with E-state index in [1.807, 2.05) is 32.0 Å². The van der Waals surface area contributed by atoms with Gasteiger partial charge in [-0.3, -0.25) is 4.79 Å². The summed E-state index contributed by atoms with van der Waals surface area (Å²) in [7, 11) is 0. The molecule has 0 spiro atoms. The summed E-state index contributed by atoms with van der Waals surface area (Å²) < 4.78 is 16.4. The number of carbonyl (C=O) groups is 1. The molecule has 3 aromatic rings. The van der Waals surface area contributed by atoms with Gasteiger partial charge in [0.1, 0.15) is 11.9 Å². The van der Waals surface area contributed by atoms with Crippen LogP contribution in [0.3, 0.4) is 0 Å². The molecule has 3 aromatic heterocycles. The third-order valence-electron chi connectivity index (χ3n) is 4.80. The van der Waals surface area contributed by atoms with Crippen LogP contribution in [0.25, 0.3) is 11.3 Å². The molecule has 28 heavy (non-hydrogen) atoms. The summed E-state index contributed by atoms with van der Waals surface area (Å²) in [5, 5.41) is 7.85. The number of amides is 1. The minimum Gasteiger partial charge on any atom is -0.368 e. The number of nitrogens with zero attached hydrogens (tertiary/aromatic N) is 4. The first-order chi connectivity index (χ1) is 13.6. The van der Waals surface area contributed by atoms with Gasteiger partial charge in [-0.15, -0.1) is 0 Å². The van der Waals surface area contributed by atoms with E-state index in [2.05, 4.69) is 10.3 Å². The van der Waals surface area contributed by atoms with Crippen LogP contribution in [0, 0.1) is 13.8 Å². The molecule has 0 saturated carbocycles. The molecule has 0 N–H and O–H groups in total. The molecule has 146 valence electrons. The van der Waals surface area contributed by atoms with E-state index in [1.165, 1.54) is 0 Å². The van der Waals surface area contributed by atoms with Gasteiger partial charge in [0.25, 0.3) is 5.91 Å². The second-order valence-corrected chi connectivity index (χ2v) is 6.81. The first-order valence-electron chi connectivity index (χ1n) is 9.33. The highest BCUT2D eigenvalue weighted by Gasteiger charge is 2.29. The molecule has 0 radical (unpaired) electrons. The Balaban J connectivity index is 1.57. The molecule has 8 nitrogen and oxygen atoms in total. The molecule has 0 aromatic carbocycles. The Morgan fingerprint density at radius 3 is 2.86 bits per heavy atom. The van der Waals surface area contributed by atoms with Crippen molar-refractivity contribution in [2.75, 3.05) is 19.7 Å². The molecule has 4 rings (SSSR count). The number of aryl methyl sites for hydroxylation is 3. The zero-order chi connectivity index (χ0) is 19.7. The minimum absolute atomic E-state index is 0.187. The van der Waals surface area contributed by atoms with Crippen molar-refractivity contribution in [1.29, 1.82) is 0 Å². The maximum atomic E-state index is 12.7. The molecule has 1 aliphatic rings. The van der Waals surface area contributed by atoms with E-state index in [4.69, 9.17) is 18.8 Å². The molecular weight excluding hydrogens is 360 g/mol. The summed E-state index contributed by atoms with van der Waals surface area (Å²) in [6.07, 6.45) is 0.424. The maximum Gasteiger partial charge on any atom is 0.292 e. The average molecular weight is 382 g/mol. The van der Waals surface area contributed by atoms with Crippen molar-refractivity contribution in [3.05, 3.63) is 52.9 Å². The number of morpholine rings is 1. The van der Waals surface area contributed by atoms with Crippen molar-refractivity contribution < 1.29 is 18.6 Å². The van der Waals surface area contributed by atoms with Crippen molar-refractivity contribution in [3.63, 3.8) is 0 Å². The highest BCUT2D eigenvalue weighted by atomic mass is 16.5. The molecule has 4 heterocycles. The standard InChI is InChI=1S/C20H22N4O4/c1-4-16-19(13(3)23-27-16)15-7-5-6-14(21-15)18-11-24(8-9-26-18)20(25)17-10-12(2)22-28-17/h5-7,10,18H,4,8-9,11H2,1-3H3. The van der Waals surface area contributed by atoms with Crippen LogP contribution in [0.5, 0.6) is 0 Å². The Morgan fingerprint density at radius 2 is 2.11 bits per heavy atom. The number of aromatic nitrogens is 3. The van der Waals surface area contributed by atoms with Gasteiger partial charge in [0.2, 0.25) is 5.76 Å². The lowest BCUT2D eigenvalue weighted by Gasteiger charge is -2.32. The summed E-state index contributed by atoms with van der Waals surface area (Å²) >= 11 is 0. The van der Waals surface area contributed by atoms with E-state index in [-0.39, 0.29) is 17.8 Å². The van der Waals surface area contributed by atoms with Gasteiger partial charge >= 0.3 is 0 Å². The van der Waals surface area contributed by atoms with E-state index in [1.54, 1.807) is 17.9 Å². The molecule has 1 fully saturated rings. The molecule has 0 bridgehead atoms. The zero-order valence-corrected chi connectivity index (χ0v) is 16.1. The fraction of sp³-hybridized carbons (Fsp3) is 0.400. The summed E-state index contributed by atoms with van der Waals surface area (Å²) in [6, 6.07) is 7.43. The molecule has 8 heteroatoms. The summed E-state index contributed by atoms with van der Waals surface area (Å²) in [5.74, 6) is 0.866. The highest BCUT2D eigenvalue weighted by Crippen LogP contribution is 2.29. The van der Waals surface area contributed by atoms with Gasteiger partial charge < -0.3 is 18.7 Å². The SMILES string of the molecule is CCc1onc(C)c1-c1cccc(C2CN(C(=O)c3cc(C)no3)CCO2)n1. The molecule has 1 atom stereocenters. The van der Waals surface area contributed by atoms with E-state index in [0.717, 1.165) is 34.8 Å². The summed E-state index contributed by atoms with van der Waals surface area (Å²) in [4.78, 5) is 19.2. The number of rotatable bonds is 4. The highest BCUT2D eigenvalue weighted by molar-refractivity contribution is 5.91. The van der Waals surface area contributed by atoms with Crippen LogP contribution < -0.4 is 0 Å². The molecular formula is C20H22N4O4. The summed E-state index contributed by atoms with van der Waals surface area (Å²) in [6.45, 7) is 7.05. The smallest absolute Gasteiger partial charge is 0.292 e. The Morgan fingerprint density at radius 1 is 1.25 bits per heavy atom. The number of carbonyl (C=O) groups excluding carboxylic acids is 1. The number of pyridine rings is 1. The molecule has 1 unspecified atom stereocenters. The predicted molar refractivity (Wildman–Crippen MR) is 99.7 cm³/mol. The van der Waals surface area contributed by atoms with E-state index < -0.39 is 0 Å². The van der Waals surface area contributed by atoms with Crippen LogP contribution in [0.2, 0.25) is 0 Å². The number of hydrogen-bond donors (Lipinski definition) is 0. The van der Waals surface area contributed by atoms with Gasteiger partial charge in [0, 0.05) is 19.0 Å². The van der Waals surface area contributed by atoms with Crippen LogP contribution in [-0.2, 0) is 11.2 Å². The monoisotopic (exact) mass is 382 g/mol. The van der Waals surface area contributed by atoms with Gasteiger partial charge in [0.05, 0.1) is 41.5 Å². The first-order valence-corrected chi connectivity index (χ1v) is 9.33. The molecule has 1 aliphatic heterocycles. The van der Waals surface area contributed by atoms with Crippen LogP contribution in [0.15, 0.2) is 33.3 Å². The predicted octanol–water partition coefficient (Wildman–Crippen LogP) is 3.12. The van der Waals surface area contributed by atoms with Gasteiger partial charge in [-0.2, -0.15) is 0 Å². The Bertz CT molecular complexity index is 994. The lowest BCUT2D eigenvalue weighted by Crippen LogP contribution is -2.42. The Labute approximate surface area is 162 Å². The normalized spacial score (nSPS) is 17.1. The van der Waals surface area contributed by atoms with Crippen molar-refractivity contribution in [3.8, 4) is 11.3 Å². The number of hydrogen-bond acceptors (Lipinski definition) is 7. The fourth-order valence-corrected chi connectivity index (χ4v) is 3.39. The van der Waals surface area contributed by atoms with Gasteiger partial charge in [-0.05, 0) is 26.0 Å².